The summed E-state index contributed by atoms with van der Waals surface area (Å²) in [6.45, 7) is 8.11. The SMILES string of the molecule is CCN(CC)S(=O)(=O)c1cc(C(=O)OC(C)C(=O)NC(=O)NC(C)C)ccc1F. The number of imide groups is 1. The number of hydrogen-bond donors (Lipinski definition) is 2. The Hall–Kier alpha value is -2.53. The van der Waals surface area contributed by atoms with Gasteiger partial charge in [0.05, 0.1) is 5.56 Å². The van der Waals surface area contributed by atoms with Crippen LogP contribution in [0.25, 0.3) is 0 Å². The zero-order valence-electron chi connectivity index (χ0n) is 17.0. The molecule has 0 aliphatic heterocycles. The lowest BCUT2D eigenvalue weighted by molar-refractivity contribution is -0.127. The highest BCUT2D eigenvalue weighted by Gasteiger charge is 2.28. The van der Waals surface area contributed by atoms with Crippen molar-refractivity contribution in [1.29, 1.82) is 0 Å². The van der Waals surface area contributed by atoms with Crippen molar-refractivity contribution in [1.82, 2.24) is 14.9 Å². The summed E-state index contributed by atoms with van der Waals surface area (Å²) in [4.78, 5) is 35.1. The number of benzene rings is 1. The van der Waals surface area contributed by atoms with Gasteiger partial charge in [-0.2, -0.15) is 4.31 Å². The Kier molecular flexibility index (Phi) is 8.71. The van der Waals surface area contributed by atoms with E-state index < -0.39 is 44.7 Å². The summed E-state index contributed by atoms with van der Waals surface area (Å²) in [7, 11) is -4.14. The maximum atomic E-state index is 14.1. The van der Waals surface area contributed by atoms with Crippen molar-refractivity contribution in [3.63, 3.8) is 0 Å². The Morgan fingerprint density at radius 3 is 2.24 bits per heavy atom. The molecule has 0 aromatic heterocycles. The number of amides is 3. The van der Waals surface area contributed by atoms with Crippen LogP contribution in [0, 0.1) is 5.82 Å². The molecule has 1 aromatic carbocycles. The molecule has 1 atom stereocenters. The molecule has 0 spiro atoms. The molecule has 0 saturated heterocycles. The lowest BCUT2D eigenvalue weighted by atomic mass is 10.2. The Morgan fingerprint density at radius 2 is 1.72 bits per heavy atom. The Bertz CT molecular complexity index is 868. The summed E-state index contributed by atoms with van der Waals surface area (Å²) in [6.07, 6.45) is -1.34. The molecule has 1 unspecified atom stereocenters. The predicted octanol–water partition coefficient (Wildman–Crippen LogP) is 1.64. The second-order valence-corrected chi connectivity index (χ2v) is 8.31. The molecule has 9 nitrogen and oxygen atoms in total. The molecule has 11 heteroatoms. The molecule has 1 rings (SSSR count). The van der Waals surface area contributed by atoms with E-state index in [1.807, 2.05) is 5.32 Å². The van der Waals surface area contributed by atoms with E-state index in [0.29, 0.717) is 0 Å². The minimum absolute atomic E-state index is 0.128. The van der Waals surface area contributed by atoms with Crippen LogP contribution >= 0.6 is 0 Å². The average molecular weight is 431 g/mol. The normalized spacial score (nSPS) is 12.6. The van der Waals surface area contributed by atoms with Crippen molar-refractivity contribution in [2.24, 2.45) is 0 Å². The quantitative estimate of drug-likeness (QED) is 0.604. The molecule has 29 heavy (non-hydrogen) atoms. The number of ether oxygens (including phenoxy) is 1. The zero-order chi connectivity index (χ0) is 22.4. The van der Waals surface area contributed by atoms with Crippen LogP contribution in [0.15, 0.2) is 23.1 Å². The van der Waals surface area contributed by atoms with Gasteiger partial charge in [0, 0.05) is 19.1 Å². The Morgan fingerprint density at radius 1 is 1.14 bits per heavy atom. The molecule has 0 fully saturated rings. The van der Waals surface area contributed by atoms with Gasteiger partial charge in [-0.05, 0) is 39.0 Å². The summed E-state index contributed by atoms with van der Waals surface area (Å²) in [5, 5.41) is 4.46. The average Bonchev–Trinajstić information content (AvgIpc) is 2.61. The van der Waals surface area contributed by atoms with E-state index in [9.17, 15) is 27.2 Å². The molecule has 0 bridgehead atoms. The van der Waals surface area contributed by atoms with Crippen LogP contribution in [0.5, 0.6) is 0 Å². The van der Waals surface area contributed by atoms with Crippen LogP contribution in [0.2, 0.25) is 0 Å². The van der Waals surface area contributed by atoms with Crippen LogP contribution in [-0.4, -0.2) is 55.9 Å². The lowest BCUT2D eigenvalue weighted by Crippen LogP contribution is -2.46. The number of carbonyl (C=O) groups excluding carboxylic acids is 3. The van der Waals surface area contributed by atoms with Gasteiger partial charge in [-0.15, -0.1) is 0 Å². The molecule has 0 heterocycles. The minimum Gasteiger partial charge on any atom is -0.449 e. The van der Waals surface area contributed by atoms with Gasteiger partial charge >= 0.3 is 12.0 Å². The van der Waals surface area contributed by atoms with E-state index in [-0.39, 0.29) is 24.7 Å². The van der Waals surface area contributed by atoms with E-state index in [1.54, 1.807) is 27.7 Å². The molecule has 0 aliphatic rings. The smallest absolute Gasteiger partial charge is 0.338 e. The van der Waals surface area contributed by atoms with E-state index in [4.69, 9.17) is 4.74 Å². The van der Waals surface area contributed by atoms with E-state index in [0.717, 1.165) is 22.5 Å². The number of nitrogens with one attached hydrogen (secondary N) is 2. The Labute approximate surface area is 169 Å². The summed E-state index contributed by atoms with van der Waals surface area (Å²) in [5.74, 6) is -2.91. The number of sulfonamides is 1. The van der Waals surface area contributed by atoms with Crippen LogP contribution in [-0.2, 0) is 19.6 Å². The van der Waals surface area contributed by atoms with Gasteiger partial charge < -0.3 is 10.1 Å². The first-order valence-corrected chi connectivity index (χ1v) is 10.5. The minimum atomic E-state index is -4.14. The first-order chi connectivity index (χ1) is 13.4. The standard InChI is InChI=1S/C18H26FN3O6S/c1-6-22(7-2)29(26,27)15-10-13(8-9-14(15)19)17(24)28-12(5)16(23)21-18(25)20-11(3)4/h8-12H,6-7H2,1-5H3,(H2,20,21,23,25). The van der Waals surface area contributed by atoms with Crippen LogP contribution in [0.1, 0.15) is 45.0 Å². The number of carbonyl (C=O) groups is 3. The van der Waals surface area contributed by atoms with Crippen LogP contribution < -0.4 is 10.6 Å². The van der Waals surface area contributed by atoms with E-state index in [1.165, 1.54) is 6.92 Å². The molecule has 162 valence electrons. The van der Waals surface area contributed by atoms with Crippen molar-refractivity contribution in [3.8, 4) is 0 Å². The van der Waals surface area contributed by atoms with E-state index >= 15 is 0 Å². The summed E-state index contributed by atoms with van der Waals surface area (Å²) >= 11 is 0. The summed E-state index contributed by atoms with van der Waals surface area (Å²) in [6, 6.07) is 1.80. The first kappa shape index (κ1) is 24.5. The highest BCUT2D eigenvalue weighted by atomic mass is 32.2. The van der Waals surface area contributed by atoms with Crippen molar-refractivity contribution in [3.05, 3.63) is 29.6 Å². The van der Waals surface area contributed by atoms with Crippen LogP contribution in [0.3, 0.4) is 0 Å². The van der Waals surface area contributed by atoms with Gasteiger partial charge in [0.25, 0.3) is 5.91 Å². The number of urea groups is 1. The van der Waals surface area contributed by atoms with Crippen molar-refractivity contribution < 1.29 is 31.9 Å². The van der Waals surface area contributed by atoms with Gasteiger partial charge in [-0.25, -0.2) is 22.4 Å². The number of esters is 1. The monoisotopic (exact) mass is 431 g/mol. The molecule has 2 N–H and O–H groups in total. The predicted molar refractivity (Wildman–Crippen MR) is 103 cm³/mol. The van der Waals surface area contributed by atoms with Crippen molar-refractivity contribution in [2.45, 2.75) is 51.7 Å². The van der Waals surface area contributed by atoms with Gasteiger partial charge in [0.2, 0.25) is 10.0 Å². The fourth-order valence-electron chi connectivity index (χ4n) is 2.32. The summed E-state index contributed by atoms with van der Waals surface area (Å²) < 4.78 is 45.3. The topological polar surface area (TPSA) is 122 Å². The maximum absolute atomic E-state index is 14.1. The Balaban J connectivity index is 2.98. The fraction of sp³-hybridized carbons (Fsp3) is 0.500. The van der Waals surface area contributed by atoms with Gasteiger partial charge in [0.1, 0.15) is 10.7 Å². The highest BCUT2D eigenvalue weighted by Crippen LogP contribution is 2.21. The fourth-order valence-corrected chi connectivity index (χ4v) is 3.87. The maximum Gasteiger partial charge on any atom is 0.338 e. The third-order valence-corrected chi connectivity index (χ3v) is 5.86. The van der Waals surface area contributed by atoms with Crippen molar-refractivity contribution >= 4 is 27.9 Å². The number of nitrogens with zero attached hydrogens (tertiary/aromatic N) is 1. The molecule has 0 saturated carbocycles. The highest BCUT2D eigenvalue weighted by molar-refractivity contribution is 7.89. The van der Waals surface area contributed by atoms with Gasteiger partial charge in [-0.3, -0.25) is 10.1 Å². The van der Waals surface area contributed by atoms with Gasteiger partial charge in [0.15, 0.2) is 6.10 Å². The lowest BCUT2D eigenvalue weighted by Gasteiger charge is -2.19. The zero-order valence-corrected chi connectivity index (χ0v) is 17.8. The number of rotatable bonds is 8. The molecular formula is C18H26FN3O6S. The third-order valence-electron chi connectivity index (χ3n) is 3.80. The van der Waals surface area contributed by atoms with E-state index in [2.05, 4.69) is 5.32 Å². The molecule has 1 aromatic rings. The second-order valence-electron chi connectivity index (χ2n) is 6.40. The number of hydrogen-bond acceptors (Lipinski definition) is 6. The number of halogens is 1. The largest absolute Gasteiger partial charge is 0.449 e. The summed E-state index contributed by atoms with van der Waals surface area (Å²) in [5.41, 5.74) is -0.247. The third kappa shape index (κ3) is 6.50. The first-order valence-electron chi connectivity index (χ1n) is 9.06. The molecule has 0 aliphatic carbocycles. The molecule has 0 radical (unpaired) electrons. The van der Waals surface area contributed by atoms with Gasteiger partial charge in [-0.1, -0.05) is 13.8 Å². The molecule has 3 amide bonds. The van der Waals surface area contributed by atoms with Crippen LogP contribution in [0.4, 0.5) is 9.18 Å². The second kappa shape index (κ2) is 10.3. The molecular weight excluding hydrogens is 405 g/mol. The van der Waals surface area contributed by atoms with Crippen molar-refractivity contribution in [2.75, 3.05) is 13.1 Å².